The Kier molecular flexibility index (Phi) is 5.31. The van der Waals surface area contributed by atoms with Crippen LogP contribution < -0.4 is 5.32 Å². The molecule has 2 rings (SSSR count). The lowest BCUT2D eigenvalue weighted by Crippen LogP contribution is -2.19. The van der Waals surface area contributed by atoms with Gasteiger partial charge in [-0.3, -0.25) is 4.79 Å². The third-order valence-electron chi connectivity index (χ3n) is 3.68. The predicted octanol–water partition coefficient (Wildman–Crippen LogP) is 4.33. The summed E-state index contributed by atoms with van der Waals surface area (Å²) < 4.78 is 0. The van der Waals surface area contributed by atoms with E-state index in [0.717, 1.165) is 17.5 Å². The summed E-state index contributed by atoms with van der Waals surface area (Å²) >= 11 is 0. The van der Waals surface area contributed by atoms with Crippen molar-refractivity contribution in [2.45, 2.75) is 40.0 Å². The fourth-order valence-corrected chi connectivity index (χ4v) is 2.34. The van der Waals surface area contributed by atoms with Gasteiger partial charge in [-0.25, -0.2) is 4.98 Å². The Balaban J connectivity index is 2.02. The van der Waals surface area contributed by atoms with Crippen LogP contribution in [-0.2, 0) is 11.2 Å². The lowest BCUT2D eigenvalue weighted by Gasteiger charge is -2.13. The van der Waals surface area contributed by atoms with E-state index < -0.39 is 0 Å². The van der Waals surface area contributed by atoms with Gasteiger partial charge in [0.2, 0.25) is 5.91 Å². The van der Waals surface area contributed by atoms with Gasteiger partial charge in [-0.1, -0.05) is 44.2 Å². The third-order valence-corrected chi connectivity index (χ3v) is 3.68. The molecule has 2 aromatic rings. The van der Waals surface area contributed by atoms with Crippen molar-refractivity contribution in [3.8, 4) is 0 Å². The first-order valence-electron chi connectivity index (χ1n) is 7.78. The van der Waals surface area contributed by atoms with Crippen LogP contribution in [0.2, 0.25) is 0 Å². The molecule has 1 heterocycles. The maximum Gasteiger partial charge on any atom is 0.232 e. The molecule has 3 heteroatoms. The second-order valence-electron chi connectivity index (χ2n) is 6.27. The van der Waals surface area contributed by atoms with Crippen LogP contribution in [0.1, 0.15) is 43.4 Å². The Morgan fingerprint density at radius 1 is 1.09 bits per heavy atom. The van der Waals surface area contributed by atoms with E-state index in [-0.39, 0.29) is 11.8 Å². The van der Waals surface area contributed by atoms with Gasteiger partial charge in [0.1, 0.15) is 5.82 Å². The lowest BCUT2D eigenvalue weighted by atomic mass is 9.96. The number of hydrogen-bond donors (Lipinski definition) is 1. The molecule has 0 saturated carbocycles. The molecule has 1 amide bonds. The summed E-state index contributed by atoms with van der Waals surface area (Å²) in [6, 6.07) is 12.1. The van der Waals surface area contributed by atoms with Crippen molar-refractivity contribution in [3.63, 3.8) is 0 Å². The van der Waals surface area contributed by atoms with Gasteiger partial charge in [0.05, 0.1) is 5.92 Å². The molecule has 0 aliphatic heterocycles. The van der Waals surface area contributed by atoms with Crippen molar-refractivity contribution >= 4 is 11.7 Å². The van der Waals surface area contributed by atoms with E-state index in [0.29, 0.717) is 11.7 Å². The maximum absolute atomic E-state index is 12.3. The summed E-state index contributed by atoms with van der Waals surface area (Å²) in [5.74, 6) is 1.00. The highest BCUT2D eigenvalue weighted by Crippen LogP contribution is 2.19. The first-order valence-corrected chi connectivity index (χ1v) is 7.78. The van der Waals surface area contributed by atoms with Gasteiger partial charge in [-0.2, -0.15) is 0 Å². The van der Waals surface area contributed by atoms with Crippen molar-refractivity contribution in [1.29, 1.82) is 0 Å². The van der Waals surface area contributed by atoms with Crippen LogP contribution in [0.4, 0.5) is 5.82 Å². The predicted molar refractivity (Wildman–Crippen MR) is 91.0 cm³/mol. The zero-order chi connectivity index (χ0) is 16.1. The summed E-state index contributed by atoms with van der Waals surface area (Å²) in [4.78, 5) is 16.5. The lowest BCUT2D eigenvalue weighted by molar-refractivity contribution is -0.117. The van der Waals surface area contributed by atoms with Crippen LogP contribution in [-0.4, -0.2) is 10.9 Å². The smallest absolute Gasteiger partial charge is 0.232 e. The second kappa shape index (κ2) is 7.21. The van der Waals surface area contributed by atoms with Crippen LogP contribution in [0.25, 0.3) is 0 Å². The number of aryl methyl sites for hydroxylation is 1. The molecule has 3 nitrogen and oxygen atoms in total. The van der Waals surface area contributed by atoms with Gasteiger partial charge >= 0.3 is 0 Å². The van der Waals surface area contributed by atoms with Crippen LogP contribution in [0.5, 0.6) is 0 Å². The number of pyridine rings is 1. The molecule has 1 N–H and O–H groups in total. The number of benzene rings is 1. The zero-order valence-corrected chi connectivity index (χ0v) is 13.8. The van der Waals surface area contributed by atoms with Crippen LogP contribution >= 0.6 is 0 Å². The monoisotopic (exact) mass is 296 g/mol. The Bertz CT molecular complexity index is 615. The number of carbonyl (C=O) groups is 1. The van der Waals surface area contributed by atoms with Crippen molar-refractivity contribution in [3.05, 3.63) is 59.3 Å². The highest BCUT2D eigenvalue weighted by atomic mass is 16.1. The van der Waals surface area contributed by atoms with Gasteiger partial charge in [0, 0.05) is 6.20 Å². The molecule has 0 fully saturated rings. The van der Waals surface area contributed by atoms with Crippen LogP contribution in [0.3, 0.4) is 0 Å². The highest BCUT2D eigenvalue weighted by molar-refractivity contribution is 5.94. The summed E-state index contributed by atoms with van der Waals surface area (Å²) in [5, 5.41) is 2.86. The molecular formula is C19H24N2O. The van der Waals surface area contributed by atoms with Crippen molar-refractivity contribution in [2.24, 2.45) is 5.92 Å². The number of hydrogen-bond acceptors (Lipinski definition) is 2. The Hall–Kier alpha value is -2.16. The fourth-order valence-electron chi connectivity index (χ4n) is 2.34. The minimum Gasteiger partial charge on any atom is -0.310 e. The maximum atomic E-state index is 12.3. The molecule has 116 valence electrons. The quantitative estimate of drug-likeness (QED) is 0.892. The molecule has 0 saturated heterocycles. The van der Waals surface area contributed by atoms with Gasteiger partial charge < -0.3 is 5.32 Å². The molecule has 1 atom stereocenters. The molecule has 1 aromatic heterocycles. The first kappa shape index (κ1) is 16.2. The second-order valence-corrected chi connectivity index (χ2v) is 6.27. The first-order chi connectivity index (χ1) is 10.5. The van der Waals surface area contributed by atoms with Crippen LogP contribution in [0.15, 0.2) is 42.6 Å². The fraction of sp³-hybridized carbons (Fsp3) is 0.368. The minimum atomic E-state index is -0.198. The van der Waals surface area contributed by atoms with Crippen molar-refractivity contribution in [1.82, 2.24) is 4.98 Å². The number of nitrogens with zero attached hydrogens (tertiary/aromatic N) is 1. The van der Waals surface area contributed by atoms with E-state index in [1.807, 2.05) is 38.1 Å². The normalized spacial score (nSPS) is 12.2. The number of aromatic nitrogens is 1. The minimum absolute atomic E-state index is 0.0343. The van der Waals surface area contributed by atoms with Crippen LogP contribution in [0, 0.1) is 12.8 Å². The summed E-state index contributed by atoms with van der Waals surface area (Å²) in [6.07, 6.45) is 2.81. The highest BCUT2D eigenvalue weighted by Gasteiger charge is 2.15. The van der Waals surface area contributed by atoms with E-state index in [1.54, 1.807) is 6.20 Å². The molecule has 0 spiro atoms. The zero-order valence-electron chi connectivity index (χ0n) is 13.8. The number of anilines is 1. The van der Waals surface area contributed by atoms with E-state index in [2.05, 4.69) is 36.3 Å². The number of amides is 1. The van der Waals surface area contributed by atoms with Gasteiger partial charge in [-0.05, 0) is 48.9 Å². The molecule has 0 unspecified atom stereocenters. The molecule has 22 heavy (non-hydrogen) atoms. The average molecular weight is 296 g/mol. The number of rotatable bonds is 5. The van der Waals surface area contributed by atoms with Crippen molar-refractivity contribution in [2.75, 3.05) is 5.32 Å². The molecule has 0 aliphatic rings. The third kappa shape index (κ3) is 4.42. The van der Waals surface area contributed by atoms with E-state index in [4.69, 9.17) is 0 Å². The number of nitrogens with one attached hydrogen (secondary N) is 1. The number of carbonyl (C=O) groups excluding carboxylic acids is 1. The SMILES string of the molecule is Cc1ccc(NC(=O)[C@H](C)c2ccc(CC(C)C)cc2)nc1. The summed E-state index contributed by atoms with van der Waals surface area (Å²) in [5.41, 5.74) is 3.41. The Morgan fingerprint density at radius 2 is 1.77 bits per heavy atom. The largest absolute Gasteiger partial charge is 0.310 e. The Labute approximate surface area is 132 Å². The molecule has 1 aromatic carbocycles. The van der Waals surface area contributed by atoms with E-state index in [9.17, 15) is 4.79 Å². The molecular weight excluding hydrogens is 272 g/mol. The van der Waals surface area contributed by atoms with Crippen molar-refractivity contribution < 1.29 is 4.79 Å². The topological polar surface area (TPSA) is 42.0 Å². The molecule has 0 bridgehead atoms. The van der Waals surface area contributed by atoms with E-state index >= 15 is 0 Å². The molecule has 0 aliphatic carbocycles. The molecule has 0 radical (unpaired) electrons. The van der Waals surface area contributed by atoms with Gasteiger partial charge in [-0.15, -0.1) is 0 Å². The average Bonchev–Trinajstić information content (AvgIpc) is 2.49. The Morgan fingerprint density at radius 3 is 2.32 bits per heavy atom. The standard InChI is InChI=1S/C19H24N2O/c1-13(2)11-16-6-8-17(9-7-16)15(4)19(22)21-18-10-5-14(3)12-20-18/h5-10,12-13,15H,11H2,1-4H3,(H,20,21,22)/t15-/m1/s1. The summed E-state index contributed by atoms with van der Waals surface area (Å²) in [6.45, 7) is 8.30. The van der Waals surface area contributed by atoms with Gasteiger partial charge in [0.15, 0.2) is 0 Å². The van der Waals surface area contributed by atoms with Gasteiger partial charge in [0.25, 0.3) is 0 Å². The van der Waals surface area contributed by atoms with E-state index in [1.165, 1.54) is 5.56 Å². The summed E-state index contributed by atoms with van der Waals surface area (Å²) in [7, 11) is 0.